The molecule has 2 rings (SSSR count). The number of piperazine rings is 1. The topological polar surface area (TPSA) is 56.8 Å². The first-order valence-corrected chi connectivity index (χ1v) is 8.05. The monoisotopic (exact) mass is 290 g/mol. The fourth-order valence-corrected chi connectivity index (χ4v) is 3.61. The van der Waals surface area contributed by atoms with E-state index in [0.29, 0.717) is 13.1 Å². The van der Waals surface area contributed by atoms with Crippen LogP contribution in [0.3, 0.4) is 0 Å². The van der Waals surface area contributed by atoms with E-state index in [2.05, 4.69) is 9.88 Å². The standard InChI is InChI=1S/C10H18N4O2S2/c1-12(2)18(15,16)14-5-3-13(4-6-14)8-10-7-11-9-17-10/h7,9H,3-6,8H2,1-2H3. The van der Waals surface area contributed by atoms with Crippen molar-refractivity contribution in [2.45, 2.75) is 6.54 Å². The molecule has 1 aliphatic heterocycles. The van der Waals surface area contributed by atoms with Crippen molar-refractivity contribution in [3.63, 3.8) is 0 Å². The summed E-state index contributed by atoms with van der Waals surface area (Å²) in [5.41, 5.74) is 1.82. The summed E-state index contributed by atoms with van der Waals surface area (Å²) in [7, 11) is -0.118. The van der Waals surface area contributed by atoms with Gasteiger partial charge in [0, 0.05) is 57.9 Å². The van der Waals surface area contributed by atoms with Gasteiger partial charge in [0.05, 0.1) is 5.51 Å². The molecule has 102 valence electrons. The van der Waals surface area contributed by atoms with Crippen molar-refractivity contribution in [2.24, 2.45) is 0 Å². The molecule has 18 heavy (non-hydrogen) atoms. The predicted octanol–water partition coefficient (Wildman–Crippen LogP) is 0.0671. The van der Waals surface area contributed by atoms with Gasteiger partial charge in [-0.05, 0) is 0 Å². The van der Waals surface area contributed by atoms with Crippen LogP contribution in [0.5, 0.6) is 0 Å². The summed E-state index contributed by atoms with van der Waals surface area (Å²) < 4.78 is 26.7. The molecule has 0 amide bonds. The SMILES string of the molecule is CN(C)S(=O)(=O)N1CCN(Cc2cncs2)CC1. The smallest absolute Gasteiger partial charge is 0.281 e. The lowest BCUT2D eigenvalue weighted by molar-refractivity contribution is 0.178. The lowest BCUT2D eigenvalue weighted by Gasteiger charge is -2.34. The summed E-state index contributed by atoms with van der Waals surface area (Å²) in [6.45, 7) is 3.51. The van der Waals surface area contributed by atoms with Crippen molar-refractivity contribution < 1.29 is 8.42 Å². The Labute approximate surface area is 112 Å². The van der Waals surface area contributed by atoms with E-state index in [0.717, 1.165) is 19.6 Å². The maximum Gasteiger partial charge on any atom is 0.281 e. The van der Waals surface area contributed by atoms with Gasteiger partial charge in [-0.2, -0.15) is 17.0 Å². The number of rotatable bonds is 4. The average Bonchev–Trinajstić information content (AvgIpc) is 2.82. The van der Waals surface area contributed by atoms with Crippen molar-refractivity contribution >= 4 is 21.5 Å². The van der Waals surface area contributed by atoms with Gasteiger partial charge in [0.2, 0.25) is 0 Å². The van der Waals surface area contributed by atoms with Crippen molar-refractivity contribution in [1.82, 2.24) is 18.5 Å². The van der Waals surface area contributed by atoms with E-state index in [1.165, 1.54) is 13.5 Å². The molecule has 8 heteroatoms. The highest BCUT2D eigenvalue weighted by atomic mass is 32.2. The first-order valence-electron chi connectivity index (χ1n) is 5.77. The maximum atomic E-state index is 11.9. The number of hydrogen-bond donors (Lipinski definition) is 0. The minimum absolute atomic E-state index is 0.555. The number of aromatic nitrogens is 1. The molecule has 1 aromatic rings. The first-order chi connectivity index (χ1) is 8.50. The van der Waals surface area contributed by atoms with Crippen molar-refractivity contribution in [3.8, 4) is 0 Å². The van der Waals surface area contributed by atoms with Crippen LogP contribution in [0.15, 0.2) is 11.7 Å². The molecule has 2 heterocycles. The normalized spacial score (nSPS) is 19.5. The van der Waals surface area contributed by atoms with Gasteiger partial charge in [-0.1, -0.05) is 0 Å². The van der Waals surface area contributed by atoms with E-state index in [9.17, 15) is 8.42 Å². The summed E-state index contributed by atoms with van der Waals surface area (Å²) in [5.74, 6) is 0. The predicted molar refractivity (Wildman–Crippen MR) is 71.6 cm³/mol. The average molecular weight is 290 g/mol. The van der Waals surface area contributed by atoms with Gasteiger partial charge >= 0.3 is 0 Å². The van der Waals surface area contributed by atoms with Crippen LogP contribution in [-0.4, -0.2) is 67.2 Å². The molecular weight excluding hydrogens is 272 g/mol. The lowest BCUT2D eigenvalue weighted by Crippen LogP contribution is -2.51. The molecule has 0 spiro atoms. The lowest BCUT2D eigenvalue weighted by atomic mass is 10.3. The van der Waals surface area contributed by atoms with Crippen molar-refractivity contribution in [3.05, 3.63) is 16.6 Å². The second kappa shape index (κ2) is 5.62. The summed E-state index contributed by atoms with van der Waals surface area (Å²) >= 11 is 1.63. The fourth-order valence-electron chi connectivity index (χ4n) is 1.89. The molecule has 1 saturated heterocycles. The first kappa shape index (κ1) is 13.9. The largest absolute Gasteiger partial charge is 0.296 e. The van der Waals surface area contributed by atoms with E-state index in [-0.39, 0.29) is 0 Å². The molecule has 6 nitrogen and oxygen atoms in total. The Hall–Kier alpha value is -0.540. The molecule has 0 saturated carbocycles. The van der Waals surface area contributed by atoms with E-state index in [4.69, 9.17) is 0 Å². The van der Waals surface area contributed by atoms with E-state index in [1.54, 1.807) is 25.4 Å². The van der Waals surface area contributed by atoms with Gasteiger partial charge in [-0.15, -0.1) is 11.3 Å². The maximum absolute atomic E-state index is 11.9. The molecule has 0 atom stereocenters. The third-order valence-corrected chi connectivity index (χ3v) is 5.69. The summed E-state index contributed by atoms with van der Waals surface area (Å²) in [4.78, 5) is 7.52. The van der Waals surface area contributed by atoms with E-state index in [1.807, 2.05) is 11.7 Å². The zero-order valence-electron chi connectivity index (χ0n) is 10.6. The molecule has 0 aliphatic carbocycles. The second-order valence-electron chi connectivity index (χ2n) is 4.43. The van der Waals surface area contributed by atoms with Gasteiger partial charge in [-0.25, -0.2) is 0 Å². The molecule has 0 unspecified atom stereocenters. The Morgan fingerprint density at radius 3 is 2.50 bits per heavy atom. The Morgan fingerprint density at radius 2 is 2.00 bits per heavy atom. The summed E-state index contributed by atoms with van der Waals surface area (Å²) in [5, 5.41) is 0. The zero-order valence-corrected chi connectivity index (χ0v) is 12.2. The van der Waals surface area contributed by atoms with Crippen LogP contribution in [0.2, 0.25) is 0 Å². The molecule has 0 radical (unpaired) electrons. The minimum atomic E-state index is -3.26. The van der Waals surface area contributed by atoms with Crippen LogP contribution in [-0.2, 0) is 16.8 Å². The fraction of sp³-hybridized carbons (Fsp3) is 0.700. The third-order valence-electron chi connectivity index (χ3n) is 2.98. The number of hydrogen-bond acceptors (Lipinski definition) is 5. The summed E-state index contributed by atoms with van der Waals surface area (Å²) in [6.07, 6.45) is 1.87. The van der Waals surface area contributed by atoms with Gasteiger partial charge < -0.3 is 0 Å². The zero-order chi connectivity index (χ0) is 13.2. The Bertz CT molecular complexity index is 464. The Kier molecular flexibility index (Phi) is 4.33. The third kappa shape index (κ3) is 3.07. The summed E-state index contributed by atoms with van der Waals surface area (Å²) in [6, 6.07) is 0. The van der Waals surface area contributed by atoms with Gasteiger partial charge in [-0.3, -0.25) is 9.88 Å². The second-order valence-corrected chi connectivity index (χ2v) is 7.55. The highest BCUT2D eigenvalue weighted by Crippen LogP contribution is 2.14. The van der Waals surface area contributed by atoms with Crippen molar-refractivity contribution in [1.29, 1.82) is 0 Å². The van der Waals surface area contributed by atoms with Crippen molar-refractivity contribution in [2.75, 3.05) is 40.3 Å². The molecule has 0 N–H and O–H groups in total. The molecule has 1 fully saturated rings. The molecule has 0 bridgehead atoms. The van der Waals surface area contributed by atoms with Crippen LogP contribution in [0.4, 0.5) is 0 Å². The molecule has 1 aliphatic rings. The van der Waals surface area contributed by atoms with E-state index >= 15 is 0 Å². The van der Waals surface area contributed by atoms with Gasteiger partial charge in [0.1, 0.15) is 0 Å². The Balaban J connectivity index is 1.89. The van der Waals surface area contributed by atoms with Crippen LogP contribution >= 0.6 is 11.3 Å². The molecule has 1 aromatic heterocycles. The van der Waals surface area contributed by atoms with Gasteiger partial charge in [0.25, 0.3) is 10.2 Å². The highest BCUT2D eigenvalue weighted by Gasteiger charge is 2.28. The van der Waals surface area contributed by atoms with Crippen LogP contribution in [0, 0.1) is 0 Å². The van der Waals surface area contributed by atoms with Gasteiger partial charge in [0.15, 0.2) is 0 Å². The minimum Gasteiger partial charge on any atom is -0.296 e. The Morgan fingerprint density at radius 1 is 1.33 bits per heavy atom. The van der Waals surface area contributed by atoms with Crippen LogP contribution < -0.4 is 0 Å². The number of thiazole rings is 1. The molecular formula is C10H18N4O2S2. The van der Waals surface area contributed by atoms with Crippen LogP contribution in [0.1, 0.15) is 4.88 Å². The van der Waals surface area contributed by atoms with Crippen LogP contribution in [0.25, 0.3) is 0 Å². The molecule has 0 aromatic carbocycles. The van der Waals surface area contributed by atoms with E-state index < -0.39 is 10.2 Å². The number of nitrogens with zero attached hydrogens (tertiary/aromatic N) is 4. The highest BCUT2D eigenvalue weighted by molar-refractivity contribution is 7.86. The quantitative estimate of drug-likeness (QED) is 0.787.